The van der Waals surface area contributed by atoms with Gasteiger partial charge in [-0.3, -0.25) is 4.79 Å². The molecular formula is C14H20O4. The minimum Gasteiger partial charge on any atom is -0.507 e. The van der Waals surface area contributed by atoms with Gasteiger partial charge in [0.15, 0.2) is 5.78 Å². The Morgan fingerprint density at radius 2 is 2.00 bits per heavy atom. The average molecular weight is 252 g/mol. The molecule has 1 atom stereocenters. The van der Waals surface area contributed by atoms with Gasteiger partial charge in [-0.25, -0.2) is 0 Å². The first-order chi connectivity index (χ1) is 8.47. The SMILES string of the molecule is CCC(C)C(=O)c1c(O)cc(OC)c(C)c1OC. The van der Waals surface area contributed by atoms with E-state index < -0.39 is 0 Å². The standard InChI is InChI=1S/C14H20O4/c1-6-8(2)13(16)12-10(15)7-11(17-4)9(3)14(12)18-5/h7-8,15H,6H2,1-5H3. The number of benzene rings is 1. The molecule has 0 heterocycles. The Morgan fingerprint density at radius 3 is 2.44 bits per heavy atom. The number of carbonyl (C=O) groups is 1. The average Bonchev–Trinajstić information content (AvgIpc) is 2.38. The van der Waals surface area contributed by atoms with E-state index in [-0.39, 0.29) is 23.0 Å². The van der Waals surface area contributed by atoms with E-state index in [1.165, 1.54) is 20.3 Å². The lowest BCUT2D eigenvalue weighted by atomic mass is 9.94. The molecule has 4 heteroatoms. The summed E-state index contributed by atoms with van der Waals surface area (Å²) in [6.07, 6.45) is 0.715. The van der Waals surface area contributed by atoms with Crippen LogP contribution in [0.4, 0.5) is 0 Å². The summed E-state index contributed by atoms with van der Waals surface area (Å²) >= 11 is 0. The largest absolute Gasteiger partial charge is 0.507 e. The van der Waals surface area contributed by atoms with Crippen LogP contribution in [0.3, 0.4) is 0 Å². The fraction of sp³-hybridized carbons (Fsp3) is 0.500. The summed E-state index contributed by atoms with van der Waals surface area (Å²) < 4.78 is 10.4. The number of phenols is 1. The number of hydrogen-bond donors (Lipinski definition) is 1. The van der Waals surface area contributed by atoms with Crippen molar-refractivity contribution < 1.29 is 19.4 Å². The Labute approximate surface area is 108 Å². The Morgan fingerprint density at radius 1 is 1.39 bits per heavy atom. The van der Waals surface area contributed by atoms with Crippen molar-refractivity contribution in [2.24, 2.45) is 5.92 Å². The molecule has 100 valence electrons. The molecule has 1 aromatic rings. The molecule has 0 amide bonds. The van der Waals surface area contributed by atoms with E-state index in [2.05, 4.69) is 0 Å². The maximum atomic E-state index is 12.2. The first-order valence-corrected chi connectivity index (χ1v) is 5.96. The third-order valence-electron chi connectivity index (χ3n) is 3.19. The van der Waals surface area contributed by atoms with Gasteiger partial charge < -0.3 is 14.6 Å². The van der Waals surface area contributed by atoms with Crippen molar-refractivity contribution in [2.75, 3.05) is 14.2 Å². The van der Waals surface area contributed by atoms with E-state index in [4.69, 9.17) is 9.47 Å². The van der Waals surface area contributed by atoms with Crippen molar-refractivity contribution >= 4 is 5.78 Å². The highest BCUT2D eigenvalue weighted by Gasteiger charge is 2.25. The summed E-state index contributed by atoms with van der Waals surface area (Å²) in [6.45, 7) is 5.56. The first kappa shape index (κ1) is 14.4. The molecule has 1 aromatic carbocycles. The fourth-order valence-electron chi connectivity index (χ4n) is 1.86. The summed E-state index contributed by atoms with van der Waals surface area (Å²) in [6, 6.07) is 1.45. The third-order valence-corrected chi connectivity index (χ3v) is 3.19. The minimum absolute atomic E-state index is 0.0976. The molecule has 0 aliphatic carbocycles. The molecule has 0 radical (unpaired) electrons. The van der Waals surface area contributed by atoms with Crippen molar-refractivity contribution in [3.63, 3.8) is 0 Å². The van der Waals surface area contributed by atoms with Crippen molar-refractivity contribution in [3.8, 4) is 17.2 Å². The van der Waals surface area contributed by atoms with Gasteiger partial charge in [-0.15, -0.1) is 0 Å². The van der Waals surface area contributed by atoms with Gasteiger partial charge in [0.05, 0.1) is 14.2 Å². The van der Waals surface area contributed by atoms with Crippen LogP contribution in [0, 0.1) is 12.8 Å². The van der Waals surface area contributed by atoms with Crippen LogP contribution >= 0.6 is 0 Å². The second-order valence-electron chi connectivity index (χ2n) is 4.30. The molecule has 1 N–H and O–H groups in total. The number of methoxy groups -OCH3 is 2. The van der Waals surface area contributed by atoms with Gasteiger partial charge in [-0.1, -0.05) is 13.8 Å². The maximum absolute atomic E-state index is 12.2. The van der Waals surface area contributed by atoms with E-state index in [0.717, 1.165) is 0 Å². The zero-order chi connectivity index (χ0) is 13.9. The fourth-order valence-corrected chi connectivity index (χ4v) is 1.86. The summed E-state index contributed by atoms with van der Waals surface area (Å²) in [4.78, 5) is 12.2. The number of aromatic hydroxyl groups is 1. The van der Waals surface area contributed by atoms with Crippen molar-refractivity contribution in [3.05, 3.63) is 17.2 Å². The zero-order valence-electron chi connectivity index (χ0n) is 11.5. The summed E-state index contributed by atoms with van der Waals surface area (Å²) in [5.41, 5.74) is 0.953. The second-order valence-corrected chi connectivity index (χ2v) is 4.30. The summed E-state index contributed by atoms with van der Waals surface area (Å²) in [5.74, 6) is 0.525. The van der Waals surface area contributed by atoms with Gasteiger partial charge in [-0.2, -0.15) is 0 Å². The quantitative estimate of drug-likeness (QED) is 0.818. The predicted octanol–water partition coefficient (Wildman–Crippen LogP) is 2.95. The van der Waals surface area contributed by atoms with Crippen LogP contribution in [-0.2, 0) is 0 Å². The van der Waals surface area contributed by atoms with Gasteiger partial charge in [0.1, 0.15) is 22.8 Å². The highest BCUT2D eigenvalue weighted by atomic mass is 16.5. The highest BCUT2D eigenvalue weighted by Crippen LogP contribution is 2.39. The van der Waals surface area contributed by atoms with Crippen LogP contribution < -0.4 is 9.47 Å². The van der Waals surface area contributed by atoms with Gasteiger partial charge in [0.25, 0.3) is 0 Å². The number of carbonyl (C=O) groups excluding carboxylic acids is 1. The lowest BCUT2D eigenvalue weighted by Gasteiger charge is -2.17. The van der Waals surface area contributed by atoms with Gasteiger partial charge >= 0.3 is 0 Å². The molecule has 0 bridgehead atoms. The molecule has 0 spiro atoms. The van der Waals surface area contributed by atoms with E-state index in [1.54, 1.807) is 6.92 Å². The van der Waals surface area contributed by atoms with Crippen LogP contribution in [-0.4, -0.2) is 25.1 Å². The van der Waals surface area contributed by atoms with Gasteiger partial charge in [-0.05, 0) is 13.3 Å². The molecule has 0 fully saturated rings. The van der Waals surface area contributed by atoms with E-state index >= 15 is 0 Å². The van der Waals surface area contributed by atoms with Crippen LogP contribution in [0.1, 0.15) is 36.2 Å². The van der Waals surface area contributed by atoms with Crippen molar-refractivity contribution in [2.45, 2.75) is 27.2 Å². The number of ketones is 1. The third kappa shape index (κ3) is 2.42. The lowest BCUT2D eigenvalue weighted by molar-refractivity contribution is 0.0921. The van der Waals surface area contributed by atoms with Crippen molar-refractivity contribution in [1.29, 1.82) is 0 Å². The van der Waals surface area contributed by atoms with Crippen molar-refractivity contribution in [1.82, 2.24) is 0 Å². The topological polar surface area (TPSA) is 55.8 Å². The zero-order valence-corrected chi connectivity index (χ0v) is 11.5. The van der Waals surface area contributed by atoms with Gasteiger partial charge in [0.2, 0.25) is 0 Å². The smallest absolute Gasteiger partial charge is 0.173 e. The molecule has 1 rings (SSSR count). The van der Waals surface area contributed by atoms with Gasteiger partial charge in [0, 0.05) is 17.5 Å². The Bertz CT molecular complexity index is 452. The summed E-state index contributed by atoms with van der Waals surface area (Å²) in [7, 11) is 2.99. The Kier molecular flexibility index (Phi) is 4.59. The van der Waals surface area contributed by atoms with Crippen LogP contribution in [0.15, 0.2) is 6.07 Å². The molecule has 0 aliphatic heterocycles. The molecule has 0 aliphatic rings. The normalized spacial score (nSPS) is 12.1. The van der Waals surface area contributed by atoms with Crippen LogP contribution in [0.5, 0.6) is 17.2 Å². The highest BCUT2D eigenvalue weighted by molar-refractivity contribution is 6.03. The van der Waals surface area contributed by atoms with E-state index in [0.29, 0.717) is 23.5 Å². The number of rotatable bonds is 5. The minimum atomic E-state index is -0.155. The Hall–Kier alpha value is -1.71. The monoisotopic (exact) mass is 252 g/mol. The molecule has 4 nitrogen and oxygen atoms in total. The van der Waals surface area contributed by atoms with Crippen LogP contribution in [0.25, 0.3) is 0 Å². The molecule has 0 aromatic heterocycles. The number of ether oxygens (including phenoxy) is 2. The lowest BCUT2D eigenvalue weighted by Crippen LogP contribution is -2.13. The van der Waals surface area contributed by atoms with E-state index in [1.807, 2.05) is 13.8 Å². The number of hydrogen-bond acceptors (Lipinski definition) is 4. The Balaban J connectivity index is 3.44. The molecule has 0 saturated carbocycles. The molecule has 0 saturated heterocycles. The van der Waals surface area contributed by atoms with E-state index in [9.17, 15) is 9.90 Å². The number of Topliss-reactive ketones (excluding diaryl/α,β-unsaturated/α-hetero) is 1. The first-order valence-electron chi connectivity index (χ1n) is 5.96. The molecule has 18 heavy (non-hydrogen) atoms. The molecule has 1 unspecified atom stereocenters. The predicted molar refractivity (Wildman–Crippen MR) is 69.7 cm³/mol. The second kappa shape index (κ2) is 5.76. The van der Waals surface area contributed by atoms with Crippen LogP contribution in [0.2, 0.25) is 0 Å². The number of phenolic OH excluding ortho intramolecular Hbond substituents is 1. The summed E-state index contributed by atoms with van der Waals surface area (Å²) in [5, 5.41) is 9.99. The molecular weight excluding hydrogens is 232 g/mol. The maximum Gasteiger partial charge on any atom is 0.173 e.